The van der Waals surface area contributed by atoms with E-state index in [1.165, 1.54) is 59.5 Å². The molecule has 1 nitrogen and oxygen atoms in total. The number of fused-ring (bicyclic) bond motifs is 11. The zero-order valence-corrected chi connectivity index (χ0v) is 15.8. The zero-order valence-electron chi connectivity index (χ0n) is 15.8. The molecule has 0 fully saturated rings. The van der Waals surface area contributed by atoms with Gasteiger partial charge in [-0.25, -0.2) is 0 Å². The van der Waals surface area contributed by atoms with Gasteiger partial charge in [-0.15, -0.1) is 0 Å². The van der Waals surface area contributed by atoms with Gasteiger partial charge in [0, 0.05) is 33.1 Å². The molecule has 2 heterocycles. The molecule has 5 aromatic carbocycles. The summed E-state index contributed by atoms with van der Waals surface area (Å²) in [6, 6.07) is 35.4. The van der Waals surface area contributed by atoms with Crippen LogP contribution in [0.4, 0.5) is 0 Å². The van der Waals surface area contributed by atoms with Gasteiger partial charge in [0.05, 0.1) is 11.0 Å². The van der Waals surface area contributed by atoms with Gasteiger partial charge in [0.1, 0.15) is 0 Å². The van der Waals surface area contributed by atoms with Crippen molar-refractivity contribution >= 4 is 59.5 Å². The molecule has 1 heteroatoms. The Hall–Kier alpha value is -3.84. The lowest BCUT2D eigenvalue weighted by Crippen LogP contribution is -1.91. The maximum atomic E-state index is 2.42. The van der Waals surface area contributed by atoms with Crippen molar-refractivity contribution in [2.24, 2.45) is 0 Å². The minimum atomic E-state index is 1.28. The van der Waals surface area contributed by atoms with Crippen molar-refractivity contribution in [3.8, 4) is 0 Å². The molecule has 0 radical (unpaired) electrons. The fourth-order valence-electron chi connectivity index (χ4n) is 5.00. The molecule has 0 amide bonds. The summed E-state index contributed by atoms with van der Waals surface area (Å²) in [7, 11) is 0. The molecule has 134 valence electrons. The van der Waals surface area contributed by atoms with E-state index < -0.39 is 0 Å². The molecule has 0 aliphatic rings. The number of rotatable bonds is 0. The first-order valence-corrected chi connectivity index (χ1v) is 10.0. The predicted octanol–water partition coefficient (Wildman–Crippen LogP) is 7.71. The first-order chi connectivity index (χ1) is 14.4. The molecule has 0 spiro atoms. The van der Waals surface area contributed by atoms with E-state index in [2.05, 4.69) is 108 Å². The number of hydrogen-bond acceptors (Lipinski definition) is 0. The Bertz CT molecular complexity index is 1750. The quantitative estimate of drug-likeness (QED) is 0.191. The van der Waals surface area contributed by atoms with E-state index in [1.54, 1.807) is 0 Å². The smallest absolute Gasteiger partial charge is 0.0614 e. The van der Waals surface area contributed by atoms with Crippen LogP contribution in [0.2, 0.25) is 0 Å². The Kier molecular flexibility index (Phi) is 2.80. The third kappa shape index (κ3) is 1.94. The van der Waals surface area contributed by atoms with Crippen LogP contribution in [-0.2, 0) is 0 Å². The van der Waals surface area contributed by atoms with Crippen molar-refractivity contribution in [1.29, 1.82) is 0 Å². The lowest BCUT2D eigenvalue weighted by atomic mass is 9.97. The van der Waals surface area contributed by atoms with Crippen molar-refractivity contribution in [2.75, 3.05) is 0 Å². The van der Waals surface area contributed by atoms with Crippen molar-refractivity contribution in [3.63, 3.8) is 0 Å². The fourth-order valence-corrected chi connectivity index (χ4v) is 5.00. The van der Waals surface area contributed by atoms with Crippen LogP contribution in [-0.4, -0.2) is 4.40 Å². The number of pyridine rings is 1. The molecule has 0 N–H and O–H groups in total. The summed E-state index contributed by atoms with van der Waals surface area (Å²) >= 11 is 0. The van der Waals surface area contributed by atoms with Gasteiger partial charge in [0.2, 0.25) is 0 Å². The molecule has 29 heavy (non-hydrogen) atoms. The van der Waals surface area contributed by atoms with Gasteiger partial charge in [-0.1, -0.05) is 84.9 Å². The average Bonchev–Trinajstić information content (AvgIpc) is 3.17. The van der Waals surface area contributed by atoms with Gasteiger partial charge < -0.3 is 4.40 Å². The van der Waals surface area contributed by atoms with Gasteiger partial charge in [-0.3, -0.25) is 0 Å². The Balaban J connectivity index is 1.90. The first-order valence-electron chi connectivity index (χ1n) is 10.0. The highest BCUT2D eigenvalue weighted by Crippen LogP contribution is 2.39. The van der Waals surface area contributed by atoms with Crippen molar-refractivity contribution in [2.45, 2.75) is 0 Å². The molecule has 0 aliphatic carbocycles. The number of nitrogens with zero attached hydrogens (tertiary/aromatic N) is 1. The van der Waals surface area contributed by atoms with Gasteiger partial charge in [-0.05, 0) is 33.7 Å². The molecule has 0 bridgehead atoms. The monoisotopic (exact) mass is 367 g/mol. The molecule has 0 unspecified atom stereocenters. The van der Waals surface area contributed by atoms with Crippen LogP contribution < -0.4 is 0 Å². The minimum absolute atomic E-state index is 1.28. The fraction of sp³-hybridized carbons (Fsp3) is 0. The van der Waals surface area contributed by atoms with Crippen LogP contribution in [0, 0.1) is 0 Å². The Morgan fingerprint density at radius 2 is 0.931 bits per heavy atom. The molecule has 0 saturated carbocycles. The number of benzene rings is 5. The second-order valence-corrected chi connectivity index (χ2v) is 7.86. The standard InChI is InChI=1S/C28H17N/c1-2-9-20-16-26-25(15-19(20)8-1)24-14-13-18-7-3-5-11-22(18)27(24)29-17-21-10-4-6-12-23(21)28(26)29/h1-17H. The minimum Gasteiger partial charge on any atom is -0.314 e. The molecule has 2 aromatic heterocycles. The molecular formula is C28H17N. The molecule has 7 aromatic rings. The maximum absolute atomic E-state index is 2.42. The highest BCUT2D eigenvalue weighted by molar-refractivity contribution is 6.25. The highest BCUT2D eigenvalue weighted by atomic mass is 14.9. The van der Waals surface area contributed by atoms with Crippen LogP contribution >= 0.6 is 0 Å². The summed E-state index contributed by atoms with van der Waals surface area (Å²) in [6.45, 7) is 0. The Morgan fingerprint density at radius 1 is 0.379 bits per heavy atom. The number of hydrogen-bond donors (Lipinski definition) is 0. The maximum Gasteiger partial charge on any atom is 0.0614 e. The van der Waals surface area contributed by atoms with Crippen molar-refractivity contribution < 1.29 is 0 Å². The van der Waals surface area contributed by atoms with E-state index in [4.69, 9.17) is 0 Å². The lowest BCUT2D eigenvalue weighted by molar-refractivity contribution is 1.30. The molecule has 0 aliphatic heterocycles. The summed E-state index contributed by atoms with van der Waals surface area (Å²) < 4.78 is 2.42. The number of aromatic nitrogens is 1. The second-order valence-electron chi connectivity index (χ2n) is 7.86. The average molecular weight is 367 g/mol. The Labute approximate surface area is 167 Å². The third-order valence-electron chi connectivity index (χ3n) is 6.30. The van der Waals surface area contributed by atoms with E-state index in [0.717, 1.165) is 0 Å². The summed E-state index contributed by atoms with van der Waals surface area (Å²) in [5.41, 5.74) is 2.59. The van der Waals surface area contributed by atoms with E-state index in [0.29, 0.717) is 0 Å². The summed E-state index contributed by atoms with van der Waals surface area (Å²) in [5, 5.41) is 11.7. The normalized spacial score (nSPS) is 12.1. The van der Waals surface area contributed by atoms with Crippen molar-refractivity contribution in [1.82, 2.24) is 4.40 Å². The first kappa shape index (κ1) is 15.1. The van der Waals surface area contributed by atoms with Gasteiger partial charge >= 0.3 is 0 Å². The van der Waals surface area contributed by atoms with Crippen LogP contribution in [0.1, 0.15) is 0 Å². The predicted molar refractivity (Wildman–Crippen MR) is 125 cm³/mol. The molecule has 7 rings (SSSR count). The zero-order chi connectivity index (χ0) is 18.9. The van der Waals surface area contributed by atoms with Gasteiger partial charge in [0.15, 0.2) is 0 Å². The third-order valence-corrected chi connectivity index (χ3v) is 6.30. The van der Waals surface area contributed by atoms with Crippen LogP contribution in [0.3, 0.4) is 0 Å². The van der Waals surface area contributed by atoms with Crippen molar-refractivity contribution in [3.05, 3.63) is 103 Å². The summed E-state index contributed by atoms with van der Waals surface area (Å²) in [6.07, 6.45) is 2.30. The SMILES string of the molecule is c1ccc2cc3c(cc2c1)c1ccc2ccccc2c1n1cc2ccccc2c31. The van der Waals surface area contributed by atoms with Gasteiger partial charge in [0.25, 0.3) is 0 Å². The Morgan fingerprint density at radius 3 is 1.69 bits per heavy atom. The van der Waals surface area contributed by atoms with E-state index in [9.17, 15) is 0 Å². The molecule has 0 atom stereocenters. The van der Waals surface area contributed by atoms with Crippen LogP contribution in [0.5, 0.6) is 0 Å². The summed E-state index contributed by atoms with van der Waals surface area (Å²) in [5.74, 6) is 0. The molecular weight excluding hydrogens is 350 g/mol. The molecule has 0 saturated heterocycles. The van der Waals surface area contributed by atoms with E-state index >= 15 is 0 Å². The topological polar surface area (TPSA) is 4.41 Å². The van der Waals surface area contributed by atoms with E-state index in [1.807, 2.05) is 0 Å². The second kappa shape index (κ2) is 5.36. The lowest BCUT2D eigenvalue weighted by Gasteiger charge is -2.13. The largest absolute Gasteiger partial charge is 0.314 e. The highest BCUT2D eigenvalue weighted by Gasteiger charge is 2.15. The summed E-state index contributed by atoms with van der Waals surface area (Å²) in [4.78, 5) is 0. The van der Waals surface area contributed by atoms with Gasteiger partial charge in [-0.2, -0.15) is 0 Å². The van der Waals surface area contributed by atoms with E-state index in [-0.39, 0.29) is 0 Å². The van der Waals surface area contributed by atoms with Crippen LogP contribution in [0.15, 0.2) is 103 Å². The van der Waals surface area contributed by atoms with Crippen LogP contribution in [0.25, 0.3) is 59.5 Å².